The molecule has 268 valence electrons. The fourth-order valence-electron chi connectivity index (χ4n) is 8.36. The molecular formula is C53H36N3O+. The fourth-order valence-corrected chi connectivity index (χ4v) is 8.36. The Labute approximate surface area is 330 Å². The number of hydrogen-bond acceptors (Lipinski definition) is 3. The standard InChI is InChI=1S/C53H35N3O/c1-3-12-34(13-4-1)35-22-26-39(27-23-35)52-54-51(38-15-5-2-6-16-38)55-53(56-52)40-28-24-37(25-29-40)44-30-31-46(45-21-11-19-36-14-9-10-20-43(36)45)50-49(44)47-32-41-17-7-8-18-42(41)33-48(47)57-50/h1-33,53H,(H,54,55,56)/p+1. The molecule has 9 aromatic carbocycles. The van der Waals surface area contributed by atoms with Crippen molar-refractivity contribution >= 4 is 55.2 Å². The summed E-state index contributed by atoms with van der Waals surface area (Å²) < 4.78 is 6.88. The molecule has 0 saturated carbocycles. The van der Waals surface area contributed by atoms with Crippen LogP contribution in [0.2, 0.25) is 0 Å². The lowest BCUT2D eigenvalue weighted by Gasteiger charge is -2.19. The summed E-state index contributed by atoms with van der Waals surface area (Å²) in [6, 6.07) is 70.8. The summed E-state index contributed by atoms with van der Waals surface area (Å²) in [7, 11) is 0. The number of fused-ring (bicyclic) bond motifs is 5. The molecule has 0 radical (unpaired) electrons. The molecule has 0 aliphatic carbocycles. The molecule has 1 aromatic heterocycles. The Kier molecular flexibility index (Phi) is 7.94. The zero-order chi connectivity index (χ0) is 37.7. The van der Waals surface area contributed by atoms with E-state index in [0.29, 0.717) is 0 Å². The summed E-state index contributed by atoms with van der Waals surface area (Å²) >= 11 is 0. The molecule has 0 amide bonds. The van der Waals surface area contributed by atoms with Gasteiger partial charge in [0.05, 0.1) is 5.56 Å². The first-order chi connectivity index (χ1) is 28.2. The van der Waals surface area contributed by atoms with Crippen LogP contribution in [0.1, 0.15) is 22.9 Å². The molecule has 1 atom stereocenters. The quantitative estimate of drug-likeness (QED) is 0.182. The second-order valence-electron chi connectivity index (χ2n) is 14.7. The second-order valence-corrected chi connectivity index (χ2v) is 14.7. The van der Waals surface area contributed by atoms with E-state index in [1.165, 1.54) is 27.3 Å². The van der Waals surface area contributed by atoms with Crippen LogP contribution in [0.5, 0.6) is 0 Å². The summed E-state index contributed by atoms with van der Waals surface area (Å²) in [6.45, 7) is 0. The van der Waals surface area contributed by atoms with Gasteiger partial charge in [-0.15, -0.1) is 0 Å². The van der Waals surface area contributed by atoms with Gasteiger partial charge < -0.3 is 4.42 Å². The minimum Gasteiger partial charge on any atom is -0.455 e. The average molecular weight is 731 g/mol. The summed E-state index contributed by atoms with van der Waals surface area (Å²) in [5.74, 6) is 1.65. The van der Waals surface area contributed by atoms with Gasteiger partial charge in [-0.25, -0.2) is 4.99 Å². The number of furan rings is 1. The van der Waals surface area contributed by atoms with Crippen molar-refractivity contribution in [3.05, 3.63) is 217 Å². The van der Waals surface area contributed by atoms with Crippen molar-refractivity contribution in [1.82, 2.24) is 0 Å². The van der Waals surface area contributed by atoms with Crippen LogP contribution in [-0.2, 0) is 0 Å². The smallest absolute Gasteiger partial charge is 0.235 e. The van der Waals surface area contributed by atoms with Crippen LogP contribution >= 0.6 is 0 Å². The van der Waals surface area contributed by atoms with Gasteiger partial charge in [-0.3, -0.25) is 5.32 Å². The minimum absolute atomic E-state index is 0.203. The lowest BCUT2D eigenvalue weighted by Crippen LogP contribution is -2.90. The SMILES string of the molecule is c1ccc(C2=NC(c3ccc(-c4ccccc4)cc3)=NC(c3ccc(-c4ccc(-c5cccc6ccccc56)c5oc6cc7ccccc7cc6c45)cc3)[NH2+]2)cc1. The lowest BCUT2D eigenvalue weighted by molar-refractivity contribution is -0.586. The van der Waals surface area contributed by atoms with Crippen LogP contribution in [0.15, 0.2) is 215 Å². The molecule has 1 aliphatic rings. The van der Waals surface area contributed by atoms with Crippen LogP contribution < -0.4 is 5.32 Å². The topological polar surface area (TPSA) is 54.5 Å². The molecule has 0 spiro atoms. The van der Waals surface area contributed by atoms with Gasteiger partial charge in [-0.1, -0.05) is 170 Å². The number of amidine groups is 2. The number of benzene rings is 9. The highest BCUT2D eigenvalue weighted by atomic mass is 16.3. The van der Waals surface area contributed by atoms with Crippen LogP contribution in [0.25, 0.3) is 76.9 Å². The van der Waals surface area contributed by atoms with Crippen molar-refractivity contribution in [2.75, 3.05) is 0 Å². The first-order valence-electron chi connectivity index (χ1n) is 19.4. The van der Waals surface area contributed by atoms with Crippen LogP contribution in [0.4, 0.5) is 0 Å². The molecule has 0 fully saturated rings. The lowest BCUT2D eigenvalue weighted by atomic mass is 9.92. The minimum atomic E-state index is -0.203. The number of hydrogen-bond donors (Lipinski definition) is 1. The van der Waals surface area contributed by atoms with E-state index < -0.39 is 0 Å². The van der Waals surface area contributed by atoms with Crippen LogP contribution in [0, 0.1) is 0 Å². The van der Waals surface area contributed by atoms with Gasteiger partial charge in [0.25, 0.3) is 0 Å². The normalized spacial score (nSPS) is 14.3. The van der Waals surface area contributed by atoms with Crippen LogP contribution in [0.3, 0.4) is 0 Å². The first kappa shape index (κ1) is 33.0. The number of nitrogens with two attached hydrogens (primary N) is 1. The fraction of sp³-hybridized carbons (Fsp3) is 0.0189. The Morgan fingerprint density at radius 1 is 0.421 bits per heavy atom. The first-order valence-corrected chi connectivity index (χ1v) is 19.4. The molecule has 4 heteroatoms. The molecule has 57 heavy (non-hydrogen) atoms. The van der Waals surface area contributed by atoms with E-state index in [1.54, 1.807) is 0 Å². The van der Waals surface area contributed by atoms with Gasteiger partial charge >= 0.3 is 0 Å². The van der Waals surface area contributed by atoms with Crippen molar-refractivity contribution in [2.45, 2.75) is 6.17 Å². The molecule has 0 saturated heterocycles. The third-order valence-electron chi connectivity index (χ3n) is 11.3. The zero-order valence-corrected chi connectivity index (χ0v) is 31.0. The largest absolute Gasteiger partial charge is 0.455 e. The molecule has 11 rings (SSSR count). The van der Waals surface area contributed by atoms with E-state index >= 15 is 0 Å². The summed E-state index contributed by atoms with van der Waals surface area (Å²) in [4.78, 5) is 10.3. The number of quaternary nitrogens is 1. The molecule has 0 bridgehead atoms. The third kappa shape index (κ3) is 5.91. The second kappa shape index (κ2) is 13.7. The Hall–Kier alpha value is -7.40. The van der Waals surface area contributed by atoms with Gasteiger partial charge in [0.2, 0.25) is 12.0 Å². The predicted octanol–water partition coefficient (Wildman–Crippen LogP) is 12.4. The maximum Gasteiger partial charge on any atom is 0.235 e. The zero-order valence-electron chi connectivity index (χ0n) is 31.0. The van der Waals surface area contributed by atoms with E-state index in [0.717, 1.165) is 77.9 Å². The Morgan fingerprint density at radius 2 is 1.02 bits per heavy atom. The molecule has 1 aliphatic heterocycles. The van der Waals surface area contributed by atoms with E-state index in [4.69, 9.17) is 14.4 Å². The number of nitrogens with zero attached hydrogens (tertiary/aromatic N) is 2. The number of rotatable bonds is 6. The maximum absolute atomic E-state index is 6.88. The highest BCUT2D eigenvalue weighted by molar-refractivity contribution is 6.20. The average Bonchev–Trinajstić information content (AvgIpc) is 3.66. The molecule has 4 nitrogen and oxygen atoms in total. The Bertz CT molecular complexity index is 3170. The summed E-state index contributed by atoms with van der Waals surface area (Å²) in [5.41, 5.74) is 11.8. The number of aliphatic imine (C=N–C) groups is 2. The van der Waals surface area contributed by atoms with Gasteiger partial charge in [0.1, 0.15) is 11.2 Å². The van der Waals surface area contributed by atoms with Crippen molar-refractivity contribution in [2.24, 2.45) is 9.98 Å². The third-order valence-corrected chi connectivity index (χ3v) is 11.3. The Balaban J connectivity index is 1.02. The van der Waals surface area contributed by atoms with Crippen molar-refractivity contribution in [1.29, 1.82) is 0 Å². The summed E-state index contributed by atoms with van der Waals surface area (Å²) in [6.07, 6.45) is -0.203. The van der Waals surface area contributed by atoms with E-state index in [9.17, 15) is 0 Å². The van der Waals surface area contributed by atoms with Gasteiger partial charge in [0.15, 0.2) is 5.84 Å². The highest BCUT2D eigenvalue weighted by Crippen LogP contribution is 2.44. The van der Waals surface area contributed by atoms with Crippen molar-refractivity contribution in [3.63, 3.8) is 0 Å². The summed E-state index contributed by atoms with van der Waals surface area (Å²) in [5, 5.41) is 9.18. The van der Waals surface area contributed by atoms with E-state index in [2.05, 4.69) is 193 Å². The molecular weight excluding hydrogens is 695 g/mol. The predicted molar refractivity (Wildman–Crippen MR) is 236 cm³/mol. The van der Waals surface area contributed by atoms with Gasteiger partial charge in [-0.05, 0) is 79.7 Å². The van der Waals surface area contributed by atoms with Crippen molar-refractivity contribution in [3.8, 4) is 33.4 Å². The van der Waals surface area contributed by atoms with Crippen LogP contribution in [-0.4, -0.2) is 11.7 Å². The van der Waals surface area contributed by atoms with E-state index in [-0.39, 0.29) is 6.17 Å². The monoisotopic (exact) mass is 730 g/mol. The van der Waals surface area contributed by atoms with Gasteiger partial charge in [-0.2, -0.15) is 4.99 Å². The molecule has 10 aromatic rings. The highest BCUT2D eigenvalue weighted by Gasteiger charge is 2.26. The molecule has 2 N–H and O–H groups in total. The van der Waals surface area contributed by atoms with Crippen molar-refractivity contribution < 1.29 is 9.73 Å². The maximum atomic E-state index is 6.88. The van der Waals surface area contributed by atoms with Gasteiger partial charge in [0, 0.05) is 27.5 Å². The molecule has 2 heterocycles. The molecule has 1 unspecified atom stereocenters. The Morgan fingerprint density at radius 3 is 1.79 bits per heavy atom. The van der Waals surface area contributed by atoms with E-state index in [1.807, 2.05) is 12.1 Å².